The van der Waals surface area contributed by atoms with Crippen molar-refractivity contribution in [3.05, 3.63) is 24.3 Å². The van der Waals surface area contributed by atoms with Gasteiger partial charge in [-0.2, -0.15) is 0 Å². The van der Waals surface area contributed by atoms with Gasteiger partial charge in [-0.1, -0.05) is 12.1 Å². The second kappa shape index (κ2) is 8.59. The number of nitrogens with one attached hydrogen (secondary N) is 2. The van der Waals surface area contributed by atoms with Crippen LogP contribution in [0, 0.1) is 0 Å². The van der Waals surface area contributed by atoms with E-state index in [2.05, 4.69) is 15.4 Å². The molecule has 6 nitrogen and oxygen atoms in total. The average Bonchev–Trinajstić information content (AvgIpc) is 2.42. The highest BCUT2D eigenvalue weighted by Crippen LogP contribution is 2.29. The second-order valence-electron chi connectivity index (χ2n) is 6.11. The summed E-state index contributed by atoms with van der Waals surface area (Å²) in [7, 11) is 0. The van der Waals surface area contributed by atoms with Crippen molar-refractivity contribution < 1.29 is 32.2 Å². The van der Waals surface area contributed by atoms with Gasteiger partial charge in [0.1, 0.15) is 5.60 Å². The molecule has 0 bridgehead atoms. The van der Waals surface area contributed by atoms with E-state index in [4.69, 9.17) is 4.74 Å². The molecule has 140 valence electrons. The monoisotopic (exact) mass is 362 g/mol. The van der Waals surface area contributed by atoms with E-state index in [1.54, 1.807) is 20.8 Å². The normalized spacial score (nSPS) is 11.6. The van der Waals surface area contributed by atoms with E-state index in [9.17, 15) is 22.8 Å². The number of anilines is 1. The minimum Gasteiger partial charge on any atom is -0.460 e. The molecule has 1 aromatic carbocycles. The summed E-state index contributed by atoms with van der Waals surface area (Å²) in [6.45, 7) is 5.40. The summed E-state index contributed by atoms with van der Waals surface area (Å²) in [4.78, 5) is 23.2. The van der Waals surface area contributed by atoms with Gasteiger partial charge in [0, 0.05) is 13.0 Å². The van der Waals surface area contributed by atoms with Gasteiger partial charge in [-0.05, 0) is 39.3 Å². The van der Waals surface area contributed by atoms with Crippen molar-refractivity contribution in [1.82, 2.24) is 5.32 Å². The van der Waals surface area contributed by atoms with Crippen molar-refractivity contribution in [2.45, 2.75) is 45.6 Å². The molecule has 0 aliphatic rings. The molecule has 0 aliphatic heterocycles. The fourth-order valence-corrected chi connectivity index (χ4v) is 1.78. The first-order valence-electron chi connectivity index (χ1n) is 7.58. The van der Waals surface area contributed by atoms with Crippen LogP contribution in [0.3, 0.4) is 0 Å². The summed E-state index contributed by atoms with van der Waals surface area (Å²) >= 11 is 0. The van der Waals surface area contributed by atoms with E-state index in [0.717, 1.165) is 6.07 Å². The van der Waals surface area contributed by atoms with Crippen molar-refractivity contribution >= 4 is 17.7 Å². The summed E-state index contributed by atoms with van der Waals surface area (Å²) in [6.07, 6.45) is -4.41. The number of ether oxygens (including phenoxy) is 2. The lowest BCUT2D eigenvalue weighted by molar-refractivity contribution is -0.274. The van der Waals surface area contributed by atoms with Crippen LogP contribution in [-0.2, 0) is 9.53 Å². The lowest BCUT2D eigenvalue weighted by atomic mass is 10.2. The highest BCUT2D eigenvalue weighted by molar-refractivity contribution is 5.90. The first-order chi connectivity index (χ1) is 11.5. The van der Waals surface area contributed by atoms with Gasteiger partial charge in [0.25, 0.3) is 0 Å². The van der Waals surface area contributed by atoms with Gasteiger partial charge < -0.3 is 20.1 Å². The fourth-order valence-electron chi connectivity index (χ4n) is 1.78. The molecule has 0 spiro atoms. The molecule has 9 heteroatoms. The number of carbonyl (C=O) groups is 2. The fraction of sp³-hybridized carbons (Fsp3) is 0.500. The third kappa shape index (κ3) is 9.43. The van der Waals surface area contributed by atoms with Crippen molar-refractivity contribution in [1.29, 1.82) is 0 Å². The smallest absolute Gasteiger partial charge is 0.460 e. The Hall–Kier alpha value is -2.45. The summed E-state index contributed by atoms with van der Waals surface area (Å²) in [6, 6.07) is 4.47. The number of benzene rings is 1. The molecule has 25 heavy (non-hydrogen) atoms. The number of rotatable bonds is 6. The van der Waals surface area contributed by atoms with Crippen LogP contribution in [0.5, 0.6) is 5.75 Å². The Balaban J connectivity index is 2.42. The van der Waals surface area contributed by atoms with Gasteiger partial charge in [0.15, 0.2) is 5.75 Å². The number of hydrogen-bond acceptors (Lipinski definition) is 4. The molecule has 0 unspecified atom stereocenters. The van der Waals surface area contributed by atoms with E-state index in [1.807, 2.05) is 0 Å². The van der Waals surface area contributed by atoms with Crippen LogP contribution < -0.4 is 15.4 Å². The quantitative estimate of drug-likeness (QED) is 0.596. The Morgan fingerprint density at radius 1 is 1.12 bits per heavy atom. The number of amides is 2. The van der Waals surface area contributed by atoms with E-state index < -0.39 is 29.7 Å². The molecular formula is C16H21F3N2O4. The molecule has 1 rings (SSSR count). The first-order valence-corrected chi connectivity index (χ1v) is 7.58. The summed E-state index contributed by atoms with van der Waals surface area (Å²) in [5.41, 5.74) is -0.700. The largest absolute Gasteiger partial charge is 0.573 e. The molecule has 2 N–H and O–H groups in total. The Kier molecular flexibility index (Phi) is 7.08. The van der Waals surface area contributed by atoms with Crippen LogP contribution in [0.15, 0.2) is 24.3 Å². The van der Waals surface area contributed by atoms with Gasteiger partial charge >= 0.3 is 18.4 Å². The van der Waals surface area contributed by atoms with Gasteiger partial charge in [-0.15, -0.1) is 13.2 Å². The molecule has 0 saturated carbocycles. The molecule has 0 aromatic heterocycles. The number of alkyl halides is 3. The van der Waals surface area contributed by atoms with Crippen LogP contribution >= 0.6 is 0 Å². The molecule has 0 radical (unpaired) electrons. The summed E-state index contributed by atoms with van der Waals surface area (Å²) in [5.74, 6) is -0.905. The zero-order chi connectivity index (χ0) is 19.1. The Bertz CT molecular complexity index is 598. The molecular weight excluding hydrogens is 341 g/mol. The highest BCUT2D eigenvalue weighted by Gasteiger charge is 2.32. The maximum absolute atomic E-state index is 12.3. The van der Waals surface area contributed by atoms with Gasteiger partial charge in [-0.25, -0.2) is 4.79 Å². The van der Waals surface area contributed by atoms with Gasteiger partial charge in [0.05, 0.1) is 5.69 Å². The Morgan fingerprint density at radius 3 is 2.36 bits per heavy atom. The van der Waals surface area contributed by atoms with Gasteiger partial charge in [0.2, 0.25) is 0 Å². The minimum absolute atomic E-state index is 0.116. The average molecular weight is 362 g/mol. The number of halogens is 3. The van der Waals surface area contributed by atoms with Crippen LogP contribution in [0.2, 0.25) is 0 Å². The van der Waals surface area contributed by atoms with E-state index in [1.165, 1.54) is 18.2 Å². The number of urea groups is 1. The molecule has 0 atom stereocenters. The van der Waals surface area contributed by atoms with Crippen molar-refractivity contribution in [3.8, 4) is 5.75 Å². The van der Waals surface area contributed by atoms with Crippen molar-refractivity contribution in [2.24, 2.45) is 0 Å². The molecule has 2 amide bonds. The number of para-hydroxylation sites is 2. The molecule has 0 heterocycles. The standard InChI is InChI=1S/C16H21F3N2O4/c1-15(2,3)25-13(22)9-6-10-20-14(23)21-11-7-4-5-8-12(11)24-16(17,18)19/h4-5,7-8H,6,9-10H2,1-3H3,(H2,20,21,23). The van der Waals surface area contributed by atoms with Crippen LogP contribution in [0.25, 0.3) is 0 Å². The van der Waals surface area contributed by atoms with Crippen LogP contribution in [0.4, 0.5) is 23.7 Å². The summed E-state index contributed by atoms with van der Waals surface area (Å²) < 4.78 is 45.9. The lowest BCUT2D eigenvalue weighted by Crippen LogP contribution is -2.31. The molecule has 0 saturated heterocycles. The van der Waals surface area contributed by atoms with E-state index in [0.29, 0.717) is 6.42 Å². The summed E-state index contributed by atoms with van der Waals surface area (Å²) in [5, 5.41) is 4.71. The lowest BCUT2D eigenvalue weighted by Gasteiger charge is -2.19. The van der Waals surface area contributed by atoms with Crippen molar-refractivity contribution in [3.63, 3.8) is 0 Å². The van der Waals surface area contributed by atoms with Gasteiger partial charge in [-0.3, -0.25) is 4.79 Å². The SMILES string of the molecule is CC(C)(C)OC(=O)CCCNC(=O)Nc1ccccc1OC(F)(F)F. The first kappa shape index (κ1) is 20.6. The predicted octanol–water partition coefficient (Wildman–Crippen LogP) is 3.83. The third-order valence-electron chi connectivity index (χ3n) is 2.62. The molecule has 1 aromatic rings. The highest BCUT2D eigenvalue weighted by atomic mass is 19.4. The number of hydrogen-bond donors (Lipinski definition) is 2. The topological polar surface area (TPSA) is 76.7 Å². The Labute approximate surface area is 143 Å². The zero-order valence-corrected chi connectivity index (χ0v) is 14.2. The maximum atomic E-state index is 12.3. The minimum atomic E-state index is -4.86. The van der Waals surface area contributed by atoms with Crippen LogP contribution in [0.1, 0.15) is 33.6 Å². The maximum Gasteiger partial charge on any atom is 0.573 e. The van der Waals surface area contributed by atoms with Crippen LogP contribution in [-0.4, -0.2) is 30.5 Å². The Morgan fingerprint density at radius 2 is 1.76 bits per heavy atom. The second-order valence-corrected chi connectivity index (χ2v) is 6.11. The predicted molar refractivity (Wildman–Crippen MR) is 85.2 cm³/mol. The third-order valence-corrected chi connectivity index (χ3v) is 2.62. The van der Waals surface area contributed by atoms with E-state index in [-0.39, 0.29) is 18.7 Å². The zero-order valence-electron chi connectivity index (χ0n) is 14.2. The number of carbonyl (C=O) groups excluding carboxylic acids is 2. The molecule has 0 fully saturated rings. The molecule has 0 aliphatic carbocycles. The van der Waals surface area contributed by atoms with Crippen molar-refractivity contribution in [2.75, 3.05) is 11.9 Å². The van der Waals surface area contributed by atoms with E-state index >= 15 is 0 Å². The number of esters is 1.